The number of benzene rings is 1. The molecule has 1 aromatic rings. The molecular weight excluding hydrogens is 186 g/mol. The Hall–Kier alpha value is -0.960. The van der Waals surface area contributed by atoms with Gasteiger partial charge in [-0.1, -0.05) is 37.6 Å². The van der Waals surface area contributed by atoms with Crippen molar-refractivity contribution in [2.24, 2.45) is 0 Å². The predicted octanol–water partition coefficient (Wildman–Crippen LogP) is 2.94. The number of aliphatic hydroxyl groups excluding tert-OH is 1. The first-order chi connectivity index (χ1) is 6.65. The average Bonchev–Trinajstić information content (AvgIpc) is 2.17. The Kier molecular flexibility index (Phi) is 4.01. The number of halogens is 2. The number of hydrogen-bond acceptors (Lipinski definition) is 1. The van der Waals surface area contributed by atoms with E-state index in [0.717, 1.165) is 18.4 Å². The zero-order valence-electron chi connectivity index (χ0n) is 8.08. The molecule has 0 fully saturated rings. The van der Waals surface area contributed by atoms with Gasteiger partial charge in [-0.15, -0.1) is 0 Å². The molecule has 78 valence electrons. The first kappa shape index (κ1) is 11.1. The highest BCUT2D eigenvalue weighted by Crippen LogP contribution is 2.21. The standard InChI is InChI=1S/C11H14F2O/c1-2-4-8-5-3-6-9(7-8)10(14)11(12)13/h3,5-7,10-11,14H,2,4H2,1H3. The van der Waals surface area contributed by atoms with E-state index in [1.165, 1.54) is 6.07 Å². The molecule has 14 heavy (non-hydrogen) atoms. The van der Waals surface area contributed by atoms with Crippen molar-refractivity contribution in [3.05, 3.63) is 35.4 Å². The van der Waals surface area contributed by atoms with E-state index in [4.69, 9.17) is 5.11 Å². The maximum atomic E-state index is 12.2. The van der Waals surface area contributed by atoms with Crippen molar-refractivity contribution >= 4 is 0 Å². The predicted molar refractivity (Wildman–Crippen MR) is 51.4 cm³/mol. The summed E-state index contributed by atoms with van der Waals surface area (Å²) < 4.78 is 24.4. The summed E-state index contributed by atoms with van der Waals surface area (Å²) in [6.07, 6.45) is -2.56. The second-order valence-corrected chi connectivity index (χ2v) is 3.27. The second-order valence-electron chi connectivity index (χ2n) is 3.27. The van der Waals surface area contributed by atoms with Crippen LogP contribution in [0.15, 0.2) is 24.3 Å². The molecule has 0 spiro atoms. The van der Waals surface area contributed by atoms with E-state index in [1.807, 2.05) is 13.0 Å². The molecule has 1 N–H and O–H groups in total. The molecule has 1 unspecified atom stereocenters. The summed E-state index contributed by atoms with van der Waals surface area (Å²) >= 11 is 0. The summed E-state index contributed by atoms with van der Waals surface area (Å²) in [4.78, 5) is 0. The molecule has 0 radical (unpaired) electrons. The lowest BCUT2D eigenvalue weighted by Gasteiger charge is -2.10. The summed E-state index contributed by atoms with van der Waals surface area (Å²) in [6, 6.07) is 6.74. The summed E-state index contributed by atoms with van der Waals surface area (Å²) in [5.41, 5.74) is 1.29. The molecule has 0 amide bonds. The van der Waals surface area contributed by atoms with Crippen LogP contribution in [-0.2, 0) is 6.42 Å². The maximum absolute atomic E-state index is 12.2. The largest absolute Gasteiger partial charge is 0.382 e. The number of alkyl halides is 2. The van der Waals surface area contributed by atoms with Crippen LogP contribution in [0.1, 0.15) is 30.6 Å². The van der Waals surface area contributed by atoms with Gasteiger partial charge in [0.05, 0.1) is 0 Å². The molecule has 3 heteroatoms. The zero-order chi connectivity index (χ0) is 10.6. The van der Waals surface area contributed by atoms with E-state index >= 15 is 0 Å². The number of hydrogen-bond donors (Lipinski definition) is 1. The zero-order valence-corrected chi connectivity index (χ0v) is 8.08. The van der Waals surface area contributed by atoms with Gasteiger partial charge in [0, 0.05) is 0 Å². The lowest BCUT2D eigenvalue weighted by Crippen LogP contribution is -2.08. The highest BCUT2D eigenvalue weighted by Gasteiger charge is 2.18. The van der Waals surface area contributed by atoms with Gasteiger partial charge in [-0.2, -0.15) is 0 Å². The van der Waals surface area contributed by atoms with Crippen molar-refractivity contribution < 1.29 is 13.9 Å². The van der Waals surface area contributed by atoms with E-state index in [9.17, 15) is 8.78 Å². The molecule has 0 saturated heterocycles. The van der Waals surface area contributed by atoms with Gasteiger partial charge in [-0.05, 0) is 17.5 Å². The average molecular weight is 200 g/mol. The van der Waals surface area contributed by atoms with Crippen LogP contribution in [0.4, 0.5) is 8.78 Å². The first-order valence-corrected chi connectivity index (χ1v) is 4.70. The summed E-state index contributed by atoms with van der Waals surface area (Å²) in [5, 5.41) is 9.14. The molecule has 0 heterocycles. The van der Waals surface area contributed by atoms with Gasteiger partial charge >= 0.3 is 0 Å². The Balaban J connectivity index is 2.82. The van der Waals surface area contributed by atoms with Crippen molar-refractivity contribution in [3.8, 4) is 0 Å². The van der Waals surface area contributed by atoms with Crippen molar-refractivity contribution in [2.45, 2.75) is 32.3 Å². The van der Waals surface area contributed by atoms with Crippen LogP contribution in [0.25, 0.3) is 0 Å². The molecular formula is C11H14F2O. The molecule has 1 atom stereocenters. The minimum absolute atomic E-state index is 0.297. The van der Waals surface area contributed by atoms with Crippen LogP contribution in [0, 0.1) is 0 Å². The van der Waals surface area contributed by atoms with Crippen LogP contribution in [0.2, 0.25) is 0 Å². The first-order valence-electron chi connectivity index (χ1n) is 4.70. The van der Waals surface area contributed by atoms with Gasteiger partial charge in [-0.25, -0.2) is 8.78 Å². The minimum Gasteiger partial charge on any atom is -0.382 e. The molecule has 1 aromatic carbocycles. The fourth-order valence-corrected chi connectivity index (χ4v) is 1.37. The fourth-order valence-electron chi connectivity index (χ4n) is 1.37. The highest BCUT2D eigenvalue weighted by molar-refractivity contribution is 5.25. The van der Waals surface area contributed by atoms with Crippen LogP contribution in [0.5, 0.6) is 0 Å². The summed E-state index contributed by atoms with van der Waals surface area (Å²) in [7, 11) is 0. The third kappa shape index (κ3) is 2.77. The fraction of sp³-hybridized carbons (Fsp3) is 0.455. The van der Waals surface area contributed by atoms with Crippen LogP contribution >= 0.6 is 0 Å². The van der Waals surface area contributed by atoms with Gasteiger partial charge in [0.25, 0.3) is 6.43 Å². The minimum atomic E-state index is -2.72. The third-order valence-corrected chi connectivity index (χ3v) is 2.07. The van der Waals surface area contributed by atoms with Crippen LogP contribution in [-0.4, -0.2) is 11.5 Å². The van der Waals surface area contributed by atoms with E-state index < -0.39 is 12.5 Å². The lowest BCUT2D eigenvalue weighted by atomic mass is 10.0. The molecule has 1 rings (SSSR count). The van der Waals surface area contributed by atoms with E-state index in [1.54, 1.807) is 12.1 Å². The van der Waals surface area contributed by atoms with Gasteiger partial charge < -0.3 is 5.11 Å². The van der Waals surface area contributed by atoms with E-state index in [0.29, 0.717) is 5.56 Å². The van der Waals surface area contributed by atoms with Gasteiger partial charge in [0.2, 0.25) is 0 Å². The highest BCUT2D eigenvalue weighted by atomic mass is 19.3. The summed E-state index contributed by atoms with van der Waals surface area (Å²) in [6.45, 7) is 2.02. The van der Waals surface area contributed by atoms with Crippen molar-refractivity contribution in [3.63, 3.8) is 0 Å². The molecule has 0 aliphatic carbocycles. The topological polar surface area (TPSA) is 20.2 Å². The van der Waals surface area contributed by atoms with Crippen LogP contribution < -0.4 is 0 Å². The molecule has 0 aliphatic heterocycles. The molecule has 1 nitrogen and oxygen atoms in total. The van der Waals surface area contributed by atoms with Gasteiger partial charge in [0.15, 0.2) is 0 Å². The smallest absolute Gasteiger partial charge is 0.268 e. The van der Waals surface area contributed by atoms with Crippen LogP contribution in [0.3, 0.4) is 0 Å². The molecule has 0 saturated carbocycles. The third-order valence-electron chi connectivity index (χ3n) is 2.07. The molecule has 0 aromatic heterocycles. The lowest BCUT2D eigenvalue weighted by molar-refractivity contribution is -0.00581. The van der Waals surface area contributed by atoms with Crippen molar-refractivity contribution in [2.75, 3.05) is 0 Å². The molecule has 0 aliphatic rings. The normalized spacial score (nSPS) is 13.2. The number of aryl methyl sites for hydroxylation is 1. The van der Waals surface area contributed by atoms with Crippen molar-refractivity contribution in [1.82, 2.24) is 0 Å². The van der Waals surface area contributed by atoms with E-state index in [-0.39, 0.29) is 0 Å². The Morgan fingerprint density at radius 2 is 2.07 bits per heavy atom. The monoisotopic (exact) mass is 200 g/mol. The second kappa shape index (κ2) is 5.05. The Labute approximate surface area is 82.4 Å². The Morgan fingerprint density at radius 3 is 2.64 bits per heavy atom. The van der Waals surface area contributed by atoms with E-state index in [2.05, 4.69) is 0 Å². The van der Waals surface area contributed by atoms with Gasteiger partial charge in [0.1, 0.15) is 6.10 Å². The SMILES string of the molecule is CCCc1cccc(C(O)C(F)F)c1. The number of aliphatic hydroxyl groups is 1. The molecule has 0 bridgehead atoms. The maximum Gasteiger partial charge on any atom is 0.268 e. The van der Waals surface area contributed by atoms with Gasteiger partial charge in [-0.3, -0.25) is 0 Å². The van der Waals surface area contributed by atoms with Crippen molar-refractivity contribution in [1.29, 1.82) is 0 Å². The Bertz CT molecular complexity index is 286. The number of rotatable bonds is 4. The quantitative estimate of drug-likeness (QED) is 0.792. The Morgan fingerprint density at radius 1 is 1.36 bits per heavy atom. The summed E-state index contributed by atoms with van der Waals surface area (Å²) in [5.74, 6) is 0.